The number of hydrogen-bond donors (Lipinski definition) is 2. The van der Waals surface area contributed by atoms with Crippen molar-refractivity contribution in [3.05, 3.63) is 59.8 Å². The molecular formula is C20H20N2O2. The molecular weight excluding hydrogens is 300 g/mol. The molecule has 4 nitrogen and oxygen atoms in total. The average Bonchev–Trinajstić information content (AvgIpc) is 2.95. The van der Waals surface area contributed by atoms with E-state index >= 15 is 0 Å². The van der Waals surface area contributed by atoms with Gasteiger partial charge in [-0.2, -0.15) is 0 Å². The molecule has 0 aliphatic carbocycles. The summed E-state index contributed by atoms with van der Waals surface area (Å²) in [5.74, 6) is -0.981. The molecule has 2 N–H and O–H groups in total. The van der Waals surface area contributed by atoms with Crippen LogP contribution in [-0.4, -0.2) is 21.0 Å². The highest BCUT2D eigenvalue weighted by atomic mass is 16.4. The van der Waals surface area contributed by atoms with E-state index < -0.39 is 5.97 Å². The normalized spacial score (nSPS) is 12.1. The molecule has 0 bridgehead atoms. The Morgan fingerprint density at radius 2 is 1.96 bits per heavy atom. The molecule has 0 amide bonds. The lowest BCUT2D eigenvalue weighted by molar-refractivity contribution is -0.131. The molecule has 2 aromatic heterocycles. The van der Waals surface area contributed by atoms with Crippen LogP contribution >= 0.6 is 0 Å². The van der Waals surface area contributed by atoms with E-state index in [0.29, 0.717) is 5.69 Å². The van der Waals surface area contributed by atoms with Gasteiger partial charge in [-0.15, -0.1) is 0 Å². The molecule has 122 valence electrons. The zero-order valence-electron chi connectivity index (χ0n) is 14.0. The Balaban J connectivity index is 2.01. The lowest BCUT2D eigenvalue weighted by atomic mass is 9.86. The summed E-state index contributed by atoms with van der Waals surface area (Å²) >= 11 is 0. The Bertz CT molecular complexity index is 930. The second-order valence-electron chi connectivity index (χ2n) is 6.85. The summed E-state index contributed by atoms with van der Waals surface area (Å²) in [6.45, 7) is 6.58. The van der Waals surface area contributed by atoms with Crippen LogP contribution in [0.1, 0.15) is 32.0 Å². The number of aliphatic carboxylic acids is 1. The van der Waals surface area contributed by atoms with Crippen LogP contribution in [0, 0.1) is 0 Å². The Labute approximate surface area is 140 Å². The fourth-order valence-electron chi connectivity index (χ4n) is 2.58. The number of carboxylic acid groups (broad SMARTS) is 1. The minimum absolute atomic E-state index is 0.0923. The van der Waals surface area contributed by atoms with E-state index in [1.165, 1.54) is 11.6 Å². The van der Waals surface area contributed by atoms with Gasteiger partial charge in [0.1, 0.15) is 0 Å². The predicted molar refractivity (Wildman–Crippen MR) is 96.9 cm³/mol. The summed E-state index contributed by atoms with van der Waals surface area (Å²) in [4.78, 5) is 18.5. The van der Waals surface area contributed by atoms with Crippen molar-refractivity contribution in [2.45, 2.75) is 26.2 Å². The Morgan fingerprint density at radius 1 is 1.17 bits per heavy atom. The molecule has 0 spiro atoms. The lowest BCUT2D eigenvalue weighted by Crippen LogP contribution is -2.10. The first-order valence-corrected chi connectivity index (χ1v) is 7.85. The number of aromatic amines is 1. The number of rotatable bonds is 3. The number of fused-ring (bicyclic) bond motifs is 1. The van der Waals surface area contributed by atoms with Crippen LogP contribution in [0.4, 0.5) is 0 Å². The number of hydrogen-bond acceptors (Lipinski definition) is 2. The standard InChI is InChI=1S/C20H20N2O2/c1-20(2,3)14-6-4-5-13(11-14)17-12-18-16(22-17)9-7-15(21-18)8-10-19(23)24/h4-12,22H,1-3H3,(H,23,24)/b10-8+. The van der Waals surface area contributed by atoms with Crippen molar-refractivity contribution in [2.75, 3.05) is 0 Å². The largest absolute Gasteiger partial charge is 0.478 e. The molecule has 0 unspecified atom stereocenters. The zero-order valence-corrected chi connectivity index (χ0v) is 14.0. The van der Waals surface area contributed by atoms with Crippen LogP contribution in [0.15, 0.2) is 48.5 Å². The molecule has 3 aromatic rings. The Hall–Kier alpha value is -2.88. The number of carboxylic acids is 1. The van der Waals surface area contributed by atoms with Crippen molar-refractivity contribution in [2.24, 2.45) is 0 Å². The van der Waals surface area contributed by atoms with Crippen molar-refractivity contribution in [3.63, 3.8) is 0 Å². The number of pyridine rings is 1. The van der Waals surface area contributed by atoms with E-state index in [1.807, 2.05) is 12.1 Å². The summed E-state index contributed by atoms with van der Waals surface area (Å²) in [7, 11) is 0. The molecule has 0 saturated carbocycles. The lowest BCUT2D eigenvalue weighted by Gasteiger charge is -2.19. The second-order valence-corrected chi connectivity index (χ2v) is 6.85. The maximum Gasteiger partial charge on any atom is 0.328 e. The zero-order chi connectivity index (χ0) is 17.3. The SMILES string of the molecule is CC(C)(C)c1cccc(-c2cc3nc(/C=C/C(=O)O)ccc3[nH]2)c1. The summed E-state index contributed by atoms with van der Waals surface area (Å²) < 4.78 is 0. The monoisotopic (exact) mass is 320 g/mol. The number of nitrogens with zero attached hydrogens (tertiary/aromatic N) is 1. The van der Waals surface area contributed by atoms with Crippen LogP contribution < -0.4 is 0 Å². The van der Waals surface area contributed by atoms with Crippen LogP contribution in [0.5, 0.6) is 0 Å². The molecule has 0 atom stereocenters. The van der Waals surface area contributed by atoms with Gasteiger partial charge in [0.15, 0.2) is 0 Å². The van der Waals surface area contributed by atoms with E-state index in [1.54, 1.807) is 6.07 Å². The van der Waals surface area contributed by atoms with Crippen LogP contribution in [-0.2, 0) is 10.2 Å². The van der Waals surface area contributed by atoms with E-state index in [-0.39, 0.29) is 5.41 Å². The maximum absolute atomic E-state index is 10.6. The molecule has 3 rings (SSSR count). The van der Waals surface area contributed by atoms with Crippen molar-refractivity contribution in [1.82, 2.24) is 9.97 Å². The smallest absolute Gasteiger partial charge is 0.328 e. The number of H-pyrrole nitrogens is 1. The third-order valence-electron chi connectivity index (χ3n) is 3.93. The Morgan fingerprint density at radius 3 is 2.67 bits per heavy atom. The van der Waals surface area contributed by atoms with Gasteiger partial charge in [0.2, 0.25) is 0 Å². The minimum Gasteiger partial charge on any atom is -0.478 e. The molecule has 0 radical (unpaired) electrons. The van der Waals surface area contributed by atoms with Crippen LogP contribution in [0.2, 0.25) is 0 Å². The number of benzene rings is 1. The molecule has 24 heavy (non-hydrogen) atoms. The van der Waals surface area contributed by atoms with Gasteiger partial charge in [-0.3, -0.25) is 0 Å². The van der Waals surface area contributed by atoms with Gasteiger partial charge in [0.25, 0.3) is 0 Å². The summed E-state index contributed by atoms with van der Waals surface area (Å²) in [6, 6.07) is 14.2. The fraction of sp³-hybridized carbons (Fsp3) is 0.200. The number of nitrogens with one attached hydrogen (secondary N) is 1. The molecule has 1 aromatic carbocycles. The second kappa shape index (κ2) is 5.96. The van der Waals surface area contributed by atoms with E-state index in [9.17, 15) is 4.79 Å². The van der Waals surface area contributed by atoms with Crippen molar-refractivity contribution in [3.8, 4) is 11.3 Å². The first kappa shape index (κ1) is 16.0. The van der Waals surface area contributed by atoms with E-state index in [2.05, 4.69) is 55.0 Å². The topological polar surface area (TPSA) is 66.0 Å². The third kappa shape index (κ3) is 3.38. The summed E-state index contributed by atoms with van der Waals surface area (Å²) in [5.41, 5.74) is 5.86. The van der Waals surface area contributed by atoms with Crippen molar-refractivity contribution in [1.29, 1.82) is 0 Å². The predicted octanol–water partition coefficient (Wildman–Crippen LogP) is 4.63. The van der Waals surface area contributed by atoms with Gasteiger partial charge in [0.05, 0.1) is 16.7 Å². The maximum atomic E-state index is 10.6. The number of carbonyl (C=O) groups is 1. The Kier molecular flexibility index (Phi) is 3.97. The number of aromatic nitrogens is 2. The van der Waals surface area contributed by atoms with Crippen LogP contribution in [0.3, 0.4) is 0 Å². The molecule has 2 heterocycles. The minimum atomic E-state index is -0.981. The first-order valence-electron chi connectivity index (χ1n) is 7.85. The van der Waals surface area contributed by atoms with E-state index in [0.717, 1.165) is 28.4 Å². The van der Waals surface area contributed by atoms with Crippen LogP contribution in [0.25, 0.3) is 28.4 Å². The van der Waals surface area contributed by atoms with E-state index in [4.69, 9.17) is 5.11 Å². The van der Waals surface area contributed by atoms with Gasteiger partial charge < -0.3 is 10.1 Å². The van der Waals surface area contributed by atoms with Crippen molar-refractivity contribution < 1.29 is 9.90 Å². The van der Waals surface area contributed by atoms with Gasteiger partial charge in [-0.05, 0) is 46.9 Å². The van der Waals surface area contributed by atoms with Gasteiger partial charge in [0, 0.05) is 11.8 Å². The highest BCUT2D eigenvalue weighted by Crippen LogP contribution is 2.28. The van der Waals surface area contributed by atoms with Crippen molar-refractivity contribution >= 4 is 23.1 Å². The molecule has 0 aliphatic rings. The first-order chi connectivity index (χ1) is 11.3. The molecule has 0 fully saturated rings. The molecule has 0 saturated heterocycles. The quantitative estimate of drug-likeness (QED) is 0.692. The van der Waals surface area contributed by atoms with Gasteiger partial charge >= 0.3 is 5.97 Å². The van der Waals surface area contributed by atoms with Gasteiger partial charge in [-0.1, -0.05) is 39.0 Å². The highest BCUT2D eigenvalue weighted by molar-refractivity contribution is 5.87. The summed E-state index contributed by atoms with van der Waals surface area (Å²) in [5, 5.41) is 8.71. The summed E-state index contributed by atoms with van der Waals surface area (Å²) in [6.07, 6.45) is 2.59. The third-order valence-corrected chi connectivity index (χ3v) is 3.93. The van der Waals surface area contributed by atoms with Gasteiger partial charge in [-0.25, -0.2) is 9.78 Å². The fourth-order valence-corrected chi connectivity index (χ4v) is 2.58. The molecule has 4 heteroatoms. The average molecular weight is 320 g/mol. The molecule has 0 aliphatic heterocycles. The highest BCUT2D eigenvalue weighted by Gasteiger charge is 2.14.